The number of piperidine rings is 1. The van der Waals surface area contributed by atoms with E-state index in [9.17, 15) is 18.0 Å². The van der Waals surface area contributed by atoms with Gasteiger partial charge in [-0.25, -0.2) is 0 Å². The van der Waals surface area contributed by atoms with Crippen molar-refractivity contribution in [2.45, 2.75) is 38.4 Å². The first kappa shape index (κ1) is 16.2. The second-order valence-corrected chi connectivity index (χ2v) is 4.69. The van der Waals surface area contributed by atoms with Crippen molar-refractivity contribution in [3.63, 3.8) is 0 Å². The summed E-state index contributed by atoms with van der Waals surface area (Å²) in [5.41, 5.74) is 0. The van der Waals surface area contributed by atoms with Gasteiger partial charge in [0.25, 0.3) is 0 Å². The SMILES string of the molecule is CCN(CC1CCCCN1)C(=O)COCC(F)(F)F. The van der Waals surface area contributed by atoms with E-state index in [-0.39, 0.29) is 11.9 Å². The number of halogens is 3. The summed E-state index contributed by atoms with van der Waals surface area (Å²) in [6, 6.07) is 0.236. The summed E-state index contributed by atoms with van der Waals surface area (Å²) in [5.74, 6) is -0.390. The van der Waals surface area contributed by atoms with Crippen molar-refractivity contribution in [3.05, 3.63) is 0 Å². The van der Waals surface area contributed by atoms with Crippen molar-refractivity contribution in [2.75, 3.05) is 32.8 Å². The van der Waals surface area contributed by atoms with E-state index in [0.717, 1.165) is 25.8 Å². The Morgan fingerprint density at radius 3 is 2.68 bits per heavy atom. The van der Waals surface area contributed by atoms with E-state index in [0.29, 0.717) is 13.1 Å². The highest BCUT2D eigenvalue weighted by atomic mass is 19.4. The minimum Gasteiger partial charge on any atom is -0.362 e. The van der Waals surface area contributed by atoms with Gasteiger partial charge in [-0.1, -0.05) is 6.42 Å². The zero-order valence-corrected chi connectivity index (χ0v) is 11.1. The number of carbonyl (C=O) groups excluding carboxylic acids is 1. The van der Waals surface area contributed by atoms with Gasteiger partial charge < -0.3 is 15.0 Å². The summed E-state index contributed by atoms with van der Waals surface area (Å²) < 4.78 is 40.1. The van der Waals surface area contributed by atoms with Gasteiger partial charge in [0.1, 0.15) is 13.2 Å². The molecule has 4 nitrogen and oxygen atoms in total. The molecule has 1 heterocycles. The predicted molar refractivity (Wildman–Crippen MR) is 64.8 cm³/mol. The summed E-state index contributed by atoms with van der Waals surface area (Å²) in [7, 11) is 0. The van der Waals surface area contributed by atoms with Gasteiger partial charge in [-0.2, -0.15) is 13.2 Å². The van der Waals surface area contributed by atoms with Crippen LogP contribution in [-0.2, 0) is 9.53 Å². The van der Waals surface area contributed by atoms with Crippen LogP contribution in [0.3, 0.4) is 0 Å². The molecular formula is C12H21F3N2O2. The van der Waals surface area contributed by atoms with E-state index in [1.807, 2.05) is 6.92 Å². The van der Waals surface area contributed by atoms with Gasteiger partial charge >= 0.3 is 6.18 Å². The van der Waals surface area contributed by atoms with Gasteiger partial charge in [0.15, 0.2) is 0 Å². The molecule has 0 spiro atoms. The fourth-order valence-electron chi connectivity index (χ4n) is 2.10. The van der Waals surface area contributed by atoms with Crippen molar-refractivity contribution in [3.8, 4) is 0 Å². The molecule has 112 valence electrons. The molecule has 19 heavy (non-hydrogen) atoms. The summed E-state index contributed by atoms with van der Waals surface area (Å²) in [6.45, 7) is 1.86. The molecule has 0 aliphatic carbocycles. The Morgan fingerprint density at radius 1 is 1.42 bits per heavy atom. The Morgan fingerprint density at radius 2 is 2.16 bits per heavy atom. The standard InChI is InChI=1S/C12H21F3N2O2/c1-2-17(7-10-5-3-4-6-16-10)11(18)8-19-9-12(13,14)15/h10,16H,2-9H2,1H3. The Hall–Kier alpha value is -0.820. The van der Waals surface area contributed by atoms with Crippen molar-refractivity contribution >= 4 is 5.91 Å². The maximum Gasteiger partial charge on any atom is 0.411 e. The fraction of sp³-hybridized carbons (Fsp3) is 0.917. The highest BCUT2D eigenvalue weighted by molar-refractivity contribution is 5.77. The summed E-state index contributed by atoms with van der Waals surface area (Å²) in [4.78, 5) is 13.3. The largest absolute Gasteiger partial charge is 0.411 e. The molecule has 7 heteroatoms. The summed E-state index contributed by atoms with van der Waals surface area (Å²) >= 11 is 0. The third-order valence-electron chi connectivity index (χ3n) is 3.08. The van der Waals surface area contributed by atoms with Crippen LogP contribution in [0.25, 0.3) is 0 Å². The quantitative estimate of drug-likeness (QED) is 0.804. The molecule has 1 saturated heterocycles. The van der Waals surface area contributed by atoms with Gasteiger partial charge in [-0.05, 0) is 26.3 Å². The monoisotopic (exact) mass is 282 g/mol. The average Bonchev–Trinajstić information content (AvgIpc) is 2.35. The first-order chi connectivity index (χ1) is 8.92. The lowest BCUT2D eigenvalue weighted by atomic mass is 10.0. The number of alkyl halides is 3. The average molecular weight is 282 g/mol. The highest BCUT2D eigenvalue weighted by Gasteiger charge is 2.28. The normalized spacial score (nSPS) is 20.3. The molecule has 1 N–H and O–H groups in total. The Labute approximate surface area is 111 Å². The van der Waals surface area contributed by atoms with Gasteiger partial charge in [0.2, 0.25) is 5.91 Å². The summed E-state index contributed by atoms with van der Waals surface area (Å²) in [5, 5.41) is 3.30. The molecule has 1 amide bonds. The number of carbonyl (C=O) groups is 1. The molecule has 0 aromatic rings. The van der Waals surface area contributed by atoms with Gasteiger partial charge in [-0.15, -0.1) is 0 Å². The molecule has 1 aliphatic heterocycles. The molecule has 1 unspecified atom stereocenters. The second kappa shape index (κ2) is 7.69. The van der Waals surface area contributed by atoms with Crippen LogP contribution in [0.15, 0.2) is 0 Å². The molecule has 0 bridgehead atoms. The Balaban J connectivity index is 2.30. The maximum absolute atomic E-state index is 11.9. The van der Waals surface area contributed by atoms with Crippen molar-refractivity contribution in [1.82, 2.24) is 10.2 Å². The third-order valence-corrected chi connectivity index (χ3v) is 3.08. The third kappa shape index (κ3) is 6.77. The van der Waals surface area contributed by atoms with Crippen molar-refractivity contribution in [2.24, 2.45) is 0 Å². The number of hydrogen-bond donors (Lipinski definition) is 1. The molecule has 1 fully saturated rings. The van der Waals surface area contributed by atoms with Gasteiger partial charge in [0.05, 0.1) is 0 Å². The van der Waals surface area contributed by atoms with Crippen molar-refractivity contribution in [1.29, 1.82) is 0 Å². The van der Waals surface area contributed by atoms with Crippen LogP contribution < -0.4 is 5.32 Å². The number of amides is 1. The first-order valence-electron chi connectivity index (χ1n) is 6.58. The van der Waals surface area contributed by atoms with Crippen LogP contribution in [0.5, 0.6) is 0 Å². The number of likely N-dealkylation sites (N-methyl/N-ethyl adjacent to an activating group) is 1. The minimum atomic E-state index is -4.39. The zero-order valence-electron chi connectivity index (χ0n) is 11.1. The van der Waals surface area contributed by atoms with Crippen LogP contribution in [-0.4, -0.2) is 55.9 Å². The number of ether oxygens (including phenoxy) is 1. The van der Waals surface area contributed by atoms with E-state index in [1.54, 1.807) is 4.90 Å². The van der Waals surface area contributed by atoms with Gasteiger partial charge in [-0.3, -0.25) is 4.79 Å². The first-order valence-corrected chi connectivity index (χ1v) is 6.58. The van der Waals surface area contributed by atoms with E-state index >= 15 is 0 Å². The van der Waals surface area contributed by atoms with Crippen molar-refractivity contribution < 1.29 is 22.7 Å². The Kier molecular flexibility index (Phi) is 6.57. The molecule has 0 saturated carbocycles. The molecular weight excluding hydrogens is 261 g/mol. The minimum absolute atomic E-state index is 0.236. The van der Waals surface area contributed by atoms with E-state index < -0.39 is 19.4 Å². The van der Waals surface area contributed by atoms with Crippen LogP contribution in [0.2, 0.25) is 0 Å². The lowest BCUT2D eigenvalue weighted by Gasteiger charge is -2.30. The molecule has 1 aliphatic rings. The Bertz CT molecular complexity index is 279. The highest BCUT2D eigenvalue weighted by Crippen LogP contribution is 2.14. The van der Waals surface area contributed by atoms with Crippen LogP contribution >= 0.6 is 0 Å². The maximum atomic E-state index is 11.9. The lowest BCUT2D eigenvalue weighted by Crippen LogP contribution is -2.46. The van der Waals surface area contributed by atoms with E-state index in [2.05, 4.69) is 10.1 Å². The van der Waals surface area contributed by atoms with E-state index in [1.165, 1.54) is 0 Å². The van der Waals surface area contributed by atoms with E-state index in [4.69, 9.17) is 0 Å². The number of hydrogen-bond acceptors (Lipinski definition) is 3. The number of nitrogens with zero attached hydrogens (tertiary/aromatic N) is 1. The van der Waals surface area contributed by atoms with Crippen LogP contribution in [0.4, 0.5) is 13.2 Å². The fourth-order valence-corrected chi connectivity index (χ4v) is 2.10. The smallest absolute Gasteiger partial charge is 0.362 e. The molecule has 0 radical (unpaired) electrons. The lowest BCUT2D eigenvalue weighted by molar-refractivity contribution is -0.177. The summed E-state index contributed by atoms with van der Waals surface area (Å²) in [6.07, 6.45) is -1.14. The zero-order chi connectivity index (χ0) is 14.3. The van der Waals surface area contributed by atoms with Crippen LogP contribution in [0, 0.1) is 0 Å². The molecule has 1 rings (SSSR count). The van der Waals surface area contributed by atoms with Crippen LogP contribution in [0.1, 0.15) is 26.2 Å². The number of nitrogens with one attached hydrogen (secondary N) is 1. The number of rotatable bonds is 6. The molecule has 1 atom stereocenters. The molecule has 0 aromatic heterocycles. The molecule has 0 aromatic carbocycles. The predicted octanol–water partition coefficient (Wildman–Crippen LogP) is 1.56. The topological polar surface area (TPSA) is 41.6 Å². The van der Waals surface area contributed by atoms with Gasteiger partial charge in [0, 0.05) is 19.1 Å². The second-order valence-electron chi connectivity index (χ2n) is 4.69.